The SMILES string of the molecule is C[C@@H](NCCCn1ccnc1)c1cccs1. The molecule has 2 aromatic heterocycles. The molecule has 16 heavy (non-hydrogen) atoms. The molecule has 0 fully saturated rings. The number of nitrogens with zero attached hydrogens (tertiary/aromatic N) is 2. The van der Waals surface area contributed by atoms with Crippen molar-refractivity contribution in [3.63, 3.8) is 0 Å². The summed E-state index contributed by atoms with van der Waals surface area (Å²) in [6.07, 6.45) is 6.82. The minimum absolute atomic E-state index is 0.461. The molecule has 0 saturated heterocycles. The van der Waals surface area contributed by atoms with Gasteiger partial charge in [-0.15, -0.1) is 11.3 Å². The summed E-state index contributed by atoms with van der Waals surface area (Å²) in [5.41, 5.74) is 0. The van der Waals surface area contributed by atoms with Gasteiger partial charge in [-0.05, 0) is 31.3 Å². The third kappa shape index (κ3) is 3.18. The van der Waals surface area contributed by atoms with Crippen LogP contribution >= 0.6 is 11.3 Å². The van der Waals surface area contributed by atoms with Crippen molar-refractivity contribution in [2.24, 2.45) is 0 Å². The van der Waals surface area contributed by atoms with Crippen molar-refractivity contribution in [3.05, 3.63) is 41.1 Å². The summed E-state index contributed by atoms with van der Waals surface area (Å²) in [6, 6.07) is 4.74. The molecule has 3 nitrogen and oxygen atoms in total. The van der Waals surface area contributed by atoms with Crippen LogP contribution in [0.3, 0.4) is 0 Å². The van der Waals surface area contributed by atoms with Crippen LogP contribution in [0.4, 0.5) is 0 Å². The van der Waals surface area contributed by atoms with Crippen LogP contribution in [0.15, 0.2) is 36.2 Å². The van der Waals surface area contributed by atoms with Gasteiger partial charge in [0, 0.05) is 29.9 Å². The number of hydrogen-bond acceptors (Lipinski definition) is 3. The van der Waals surface area contributed by atoms with E-state index in [1.54, 1.807) is 0 Å². The molecular weight excluding hydrogens is 218 g/mol. The minimum Gasteiger partial charge on any atom is -0.337 e. The second-order valence-corrected chi connectivity index (χ2v) is 4.82. The van der Waals surface area contributed by atoms with E-state index >= 15 is 0 Å². The predicted molar refractivity (Wildman–Crippen MR) is 67.6 cm³/mol. The summed E-state index contributed by atoms with van der Waals surface area (Å²) in [4.78, 5) is 5.43. The van der Waals surface area contributed by atoms with Crippen LogP contribution in [-0.2, 0) is 6.54 Å². The van der Waals surface area contributed by atoms with Crippen LogP contribution in [0.25, 0.3) is 0 Å². The van der Waals surface area contributed by atoms with Crippen molar-refractivity contribution >= 4 is 11.3 Å². The van der Waals surface area contributed by atoms with E-state index in [2.05, 4.69) is 39.3 Å². The third-order valence-electron chi connectivity index (χ3n) is 2.57. The Morgan fingerprint density at radius 2 is 2.50 bits per heavy atom. The Labute approximate surface area is 100 Å². The molecule has 86 valence electrons. The van der Waals surface area contributed by atoms with E-state index in [1.165, 1.54) is 4.88 Å². The molecular formula is C12H17N3S. The highest BCUT2D eigenvalue weighted by Crippen LogP contribution is 2.17. The summed E-state index contributed by atoms with van der Waals surface area (Å²) < 4.78 is 2.11. The van der Waals surface area contributed by atoms with E-state index in [1.807, 2.05) is 30.1 Å². The molecule has 4 heteroatoms. The second-order valence-electron chi connectivity index (χ2n) is 3.85. The summed E-state index contributed by atoms with van der Waals surface area (Å²) in [6.45, 7) is 4.28. The zero-order valence-corrected chi connectivity index (χ0v) is 10.3. The first-order valence-corrected chi connectivity index (χ1v) is 6.47. The van der Waals surface area contributed by atoms with Gasteiger partial charge in [0.1, 0.15) is 0 Å². The number of imidazole rings is 1. The topological polar surface area (TPSA) is 29.9 Å². The first kappa shape index (κ1) is 11.4. The minimum atomic E-state index is 0.461. The number of thiophene rings is 1. The lowest BCUT2D eigenvalue weighted by Crippen LogP contribution is -2.20. The molecule has 2 heterocycles. The lowest BCUT2D eigenvalue weighted by atomic mass is 10.2. The van der Waals surface area contributed by atoms with Gasteiger partial charge in [-0.1, -0.05) is 6.07 Å². The highest BCUT2D eigenvalue weighted by molar-refractivity contribution is 7.10. The molecule has 0 bridgehead atoms. The monoisotopic (exact) mass is 235 g/mol. The molecule has 2 aromatic rings. The molecule has 0 spiro atoms. The average Bonchev–Trinajstić information content (AvgIpc) is 2.96. The summed E-state index contributed by atoms with van der Waals surface area (Å²) in [5, 5.41) is 5.65. The van der Waals surface area contributed by atoms with Crippen molar-refractivity contribution < 1.29 is 0 Å². The molecule has 0 unspecified atom stereocenters. The van der Waals surface area contributed by atoms with Crippen molar-refractivity contribution in [2.45, 2.75) is 25.9 Å². The Kier molecular flexibility index (Phi) is 4.13. The Morgan fingerprint density at radius 1 is 1.56 bits per heavy atom. The average molecular weight is 235 g/mol. The highest BCUT2D eigenvalue weighted by atomic mass is 32.1. The van der Waals surface area contributed by atoms with Crippen molar-refractivity contribution in [3.8, 4) is 0 Å². The molecule has 0 aliphatic rings. The van der Waals surface area contributed by atoms with Crippen LogP contribution in [0.5, 0.6) is 0 Å². The van der Waals surface area contributed by atoms with Gasteiger partial charge in [0.15, 0.2) is 0 Å². The molecule has 0 radical (unpaired) electrons. The molecule has 1 N–H and O–H groups in total. The van der Waals surface area contributed by atoms with Crippen LogP contribution < -0.4 is 5.32 Å². The maximum atomic E-state index is 4.02. The molecule has 1 atom stereocenters. The Morgan fingerprint density at radius 3 is 3.19 bits per heavy atom. The van der Waals surface area contributed by atoms with Gasteiger partial charge in [-0.3, -0.25) is 0 Å². The van der Waals surface area contributed by atoms with E-state index in [9.17, 15) is 0 Å². The Bertz CT molecular complexity index is 380. The lowest BCUT2D eigenvalue weighted by Gasteiger charge is -2.11. The van der Waals surface area contributed by atoms with E-state index in [-0.39, 0.29) is 0 Å². The Balaban J connectivity index is 1.65. The van der Waals surface area contributed by atoms with Crippen molar-refractivity contribution in [1.29, 1.82) is 0 Å². The zero-order valence-electron chi connectivity index (χ0n) is 9.47. The second kappa shape index (κ2) is 5.82. The van der Waals surface area contributed by atoms with Crippen LogP contribution in [0, 0.1) is 0 Å². The molecule has 0 amide bonds. The first-order valence-electron chi connectivity index (χ1n) is 5.59. The molecule has 0 aliphatic heterocycles. The van der Waals surface area contributed by atoms with E-state index in [4.69, 9.17) is 0 Å². The van der Waals surface area contributed by atoms with Gasteiger partial charge in [-0.2, -0.15) is 0 Å². The van der Waals surface area contributed by atoms with Gasteiger partial charge in [0.05, 0.1) is 6.33 Å². The lowest BCUT2D eigenvalue weighted by molar-refractivity contribution is 0.531. The fourth-order valence-corrected chi connectivity index (χ4v) is 2.40. The van der Waals surface area contributed by atoms with Crippen LogP contribution in [-0.4, -0.2) is 16.1 Å². The number of aryl methyl sites for hydroxylation is 1. The normalized spacial score (nSPS) is 12.8. The van der Waals surface area contributed by atoms with Crippen molar-refractivity contribution in [2.75, 3.05) is 6.54 Å². The molecule has 0 aliphatic carbocycles. The molecule has 0 saturated carbocycles. The fraction of sp³-hybridized carbons (Fsp3) is 0.417. The predicted octanol–water partition coefficient (Wildman–Crippen LogP) is 2.69. The maximum Gasteiger partial charge on any atom is 0.0945 e. The van der Waals surface area contributed by atoms with Crippen molar-refractivity contribution in [1.82, 2.24) is 14.9 Å². The first-order chi connectivity index (χ1) is 7.86. The number of rotatable bonds is 6. The largest absolute Gasteiger partial charge is 0.337 e. The Hall–Kier alpha value is -1.13. The number of hydrogen-bond donors (Lipinski definition) is 1. The van der Waals surface area contributed by atoms with Gasteiger partial charge in [0.2, 0.25) is 0 Å². The van der Waals surface area contributed by atoms with Gasteiger partial charge in [-0.25, -0.2) is 4.98 Å². The highest BCUT2D eigenvalue weighted by Gasteiger charge is 2.04. The maximum absolute atomic E-state index is 4.02. The van der Waals surface area contributed by atoms with Gasteiger partial charge >= 0.3 is 0 Å². The van der Waals surface area contributed by atoms with E-state index in [0.717, 1.165) is 19.5 Å². The number of nitrogens with one attached hydrogen (secondary N) is 1. The smallest absolute Gasteiger partial charge is 0.0945 e. The van der Waals surface area contributed by atoms with Crippen LogP contribution in [0.1, 0.15) is 24.3 Å². The fourth-order valence-electron chi connectivity index (χ4n) is 1.64. The molecule has 2 rings (SSSR count). The summed E-state index contributed by atoms with van der Waals surface area (Å²) in [5.74, 6) is 0. The van der Waals surface area contributed by atoms with Gasteiger partial charge < -0.3 is 9.88 Å². The summed E-state index contributed by atoms with van der Waals surface area (Å²) >= 11 is 1.81. The molecule has 0 aromatic carbocycles. The third-order valence-corrected chi connectivity index (χ3v) is 3.63. The quantitative estimate of drug-likeness (QED) is 0.780. The zero-order chi connectivity index (χ0) is 11.2. The van der Waals surface area contributed by atoms with E-state index < -0.39 is 0 Å². The number of aromatic nitrogens is 2. The van der Waals surface area contributed by atoms with E-state index in [0.29, 0.717) is 6.04 Å². The van der Waals surface area contributed by atoms with Crippen LogP contribution in [0.2, 0.25) is 0 Å². The van der Waals surface area contributed by atoms with Gasteiger partial charge in [0.25, 0.3) is 0 Å². The standard InChI is InChI=1S/C12H17N3S/c1-11(12-4-2-9-16-12)14-5-3-7-15-8-6-13-10-15/h2,4,6,8-11,14H,3,5,7H2,1H3/t11-/m1/s1. The summed E-state index contributed by atoms with van der Waals surface area (Å²) in [7, 11) is 0.